The molecule has 3 aromatic rings. The highest BCUT2D eigenvalue weighted by molar-refractivity contribution is 5.41. The topological polar surface area (TPSA) is 37.6 Å². The lowest BCUT2D eigenvalue weighted by Crippen LogP contribution is -2.26. The SMILES string of the molecule is CCCN(Cc1ccccc1)Cc1cc(=O)n2ccc(C)cc2n1. The van der Waals surface area contributed by atoms with Crippen LogP contribution in [0.3, 0.4) is 0 Å². The highest BCUT2D eigenvalue weighted by Crippen LogP contribution is 2.10. The summed E-state index contributed by atoms with van der Waals surface area (Å²) in [4.78, 5) is 19.3. The van der Waals surface area contributed by atoms with Crippen molar-refractivity contribution in [1.29, 1.82) is 0 Å². The summed E-state index contributed by atoms with van der Waals surface area (Å²) in [5.74, 6) is 0. The molecule has 0 aliphatic rings. The molecule has 0 spiro atoms. The van der Waals surface area contributed by atoms with Crippen molar-refractivity contribution < 1.29 is 0 Å². The van der Waals surface area contributed by atoms with Gasteiger partial charge in [-0.2, -0.15) is 0 Å². The summed E-state index contributed by atoms with van der Waals surface area (Å²) in [5.41, 5.74) is 3.91. The minimum absolute atomic E-state index is 0.0221. The average molecular weight is 321 g/mol. The Labute approximate surface area is 142 Å². The van der Waals surface area contributed by atoms with Crippen LogP contribution in [0.15, 0.2) is 59.5 Å². The maximum Gasteiger partial charge on any atom is 0.258 e. The summed E-state index contributed by atoms with van der Waals surface area (Å²) < 4.78 is 1.60. The van der Waals surface area contributed by atoms with E-state index >= 15 is 0 Å². The van der Waals surface area contributed by atoms with E-state index in [4.69, 9.17) is 0 Å². The molecule has 0 aliphatic heterocycles. The maximum atomic E-state index is 12.3. The Morgan fingerprint density at radius 3 is 2.62 bits per heavy atom. The summed E-state index contributed by atoms with van der Waals surface area (Å²) in [7, 11) is 0. The molecule has 0 amide bonds. The minimum Gasteiger partial charge on any atom is -0.293 e. The van der Waals surface area contributed by atoms with Crippen molar-refractivity contribution in [3.8, 4) is 0 Å². The molecule has 24 heavy (non-hydrogen) atoms. The zero-order chi connectivity index (χ0) is 16.9. The second-order valence-corrected chi connectivity index (χ2v) is 6.21. The first-order valence-corrected chi connectivity index (χ1v) is 8.41. The molecule has 0 aliphatic carbocycles. The van der Waals surface area contributed by atoms with E-state index in [1.807, 2.05) is 25.1 Å². The van der Waals surface area contributed by atoms with Crippen LogP contribution in [0.2, 0.25) is 0 Å². The number of aryl methyl sites for hydroxylation is 1. The standard InChI is InChI=1S/C20H23N3O/c1-3-10-22(14-17-7-5-4-6-8-17)15-18-13-20(24)23-11-9-16(2)12-19(23)21-18/h4-9,11-13H,3,10,14-15H2,1-2H3. The van der Waals surface area contributed by atoms with Gasteiger partial charge >= 0.3 is 0 Å². The number of pyridine rings is 1. The Balaban J connectivity index is 1.86. The van der Waals surface area contributed by atoms with E-state index in [0.29, 0.717) is 12.2 Å². The van der Waals surface area contributed by atoms with Crippen LogP contribution in [0.4, 0.5) is 0 Å². The molecule has 0 atom stereocenters. The van der Waals surface area contributed by atoms with Gasteiger partial charge in [0.05, 0.1) is 5.69 Å². The predicted molar refractivity (Wildman–Crippen MR) is 97.0 cm³/mol. The van der Waals surface area contributed by atoms with Gasteiger partial charge in [-0.05, 0) is 43.1 Å². The van der Waals surface area contributed by atoms with Crippen molar-refractivity contribution in [2.24, 2.45) is 0 Å². The second-order valence-electron chi connectivity index (χ2n) is 6.21. The van der Waals surface area contributed by atoms with Crippen LogP contribution >= 0.6 is 0 Å². The first-order valence-electron chi connectivity index (χ1n) is 8.41. The minimum atomic E-state index is -0.0221. The lowest BCUT2D eigenvalue weighted by atomic mass is 10.2. The third-order valence-corrected chi connectivity index (χ3v) is 4.05. The fraction of sp³-hybridized carbons (Fsp3) is 0.300. The first-order chi connectivity index (χ1) is 11.7. The quantitative estimate of drug-likeness (QED) is 0.698. The Morgan fingerprint density at radius 1 is 1.08 bits per heavy atom. The zero-order valence-electron chi connectivity index (χ0n) is 14.3. The Kier molecular flexibility index (Phi) is 5.06. The lowest BCUT2D eigenvalue weighted by molar-refractivity contribution is 0.254. The molecule has 124 valence electrons. The molecule has 0 radical (unpaired) electrons. The highest BCUT2D eigenvalue weighted by Gasteiger charge is 2.09. The molecular weight excluding hydrogens is 298 g/mol. The van der Waals surface area contributed by atoms with Crippen molar-refractivity contribution in [3.05, 3.63) is 81.9 Å². The summed E-state index contributed by atoms with van der Waals surface area (Å²) in [5, 5.41) is 0. The molecule has 2 heterocycles. The van der Waals surface area contributed by atoms with Gasteiger partial charge in [0.15, 0.2) is 0 Å². The third kappa shape index (κ3) is 3.89. The molecular formula is C20H23N3O. The van der Waals surface area contributed by atoms with Crippen molar-refractivity contribution in [2.75, 3.05) is 6.54 Å². The van der Waals surface area contributed by atoms with E-state index < -0.39 is 0 Å². The van der Waals surface area contributed by atoms with Gasteiger partial charge in [-0.15, -0.1) is 0 Å². The predicted octanol–water partition coefficient (Wildman–Crippen LogP) is 3.42. The van der Waals surface area contributed by atoms with Crippen LogP contribution in [0.1, 0.15) is 30.2 Å². The molecule has 0 saturated heterocycles. The van der Waals surface area contributed by atoms with Crippen molar-refractivity contribution in [2.45, 2.75) is 33.4 Å². The van der Waals surface area contributed by atoms with Crippen molar-refractivity contribution in [3.63, 3.8) is 0 Å². The monoisotopic (exact) mass is 321 g/mol. The van der Waals surface area contributed by atoms with Crippen LogP contribution in [0, 0.1) is 6.92 Å². The first kappa shape index (κ1) is 16.4. The van der Waals surface area contributed by atoms with Gasteiger partial charge in [-0.25, -0.2) is 4.98 Å². The van der Waals surface area contributed by atoms with Gasteiger partial charge in [0.25, 0.3) is 5.56 Å². The van der Waals surface area contributed by atoms with Gasteiger partial charge in [-0.3, -0.25) is 14.1 Å². The number of hydrogen-bond donors (Lipinski definition) is 0. The number of aromatic nitrogens is 2. The smallest absolute Gasteiger partial charge is 0.258 e. The van der Waals surface area contributed by atoms with Crippen molar-refractivity contribution in [1.82, 2.24) is 14.3 Å². The second kappa shape index (κ2) is 7.41. The van der Waals surface area contributed by atoms with Gasteiger partial charge in [0, 0.05) is 25.4 Å². The van der Waals surface area contributed by atoms with Crippen LogP contribution in [-0.4, -0.2) is 20.8 Å². The number of rotatable bonds is 6. The fourth-order valence-electron chi connectivity index (χ4n) is 2.94. The van der Waals surface area contributed by atoms with Gasteiger partial charge < -0.3 is 0 Å². The normalized spacial score (nSPS) is 11.3. The lowest BCUT2D eigenvalue weighted by Gasteiger charge is -2.21. The molecule has 1 aromatic carbocycles. The molecule has 0 fully saturated rings. The van der Waals surface area contributed by atoms with Gasteiger partial charge in [0.2, 0.25) is 0 Å². The summed E-state index contributed by atoms with van der Waals surface area (Å²) in [6, 6.07) is 15.9. The van der Waals surface area contributed by atoms with Crippen molar-refractivity contribution >= 4 is 5.65 Å². The maximum absolute atomic E-state index is 12.3. The molecule has 4 nitrogen and oxygen atoms in total. The van der Waals surface area contributed by atoms with Crippen LogP contribution in [0.5, 0.6) is 0 Å². The average Bonchev–Trinajstić information content (AvgIpc) is 2.55. The van der Waals surface area contributed by atoms with E-state index in [9.17, 15) is 4.79 Å². The number of hydrogen-bond acceptors (Lipinski definition) is 3. The Hall–Kier alpha value is -2.46. The summed E-state index contributed by atoms with van der Waals surface area (Å²) >= 11 is 0. The molecule has 0 bridgehead atoms. The van der Waals surface area contributed by atoms with E-state index in [2.05, 4.69) is 41.1 Å². The third-order valence-electron chi connectivity index (χ3n) is 4.05. The molecule has 0 unspecified atom stereocenters. The molecule has 3 rings (SSSR count). The van der Waals surface area contributed by atoms with E-state index in [1.54, 1.807) is 16.7 Å². The number of fused-ring (bicyclic) bond motifs is 1. The zero-order valence-corrected chi connectivity index (χ0v) is 14.3. The molecule has 4 heteroatoms. The van der Waals surface area contributed by atoms with Crippen LogP contribution < -0.4 is 5.56 Å². The largest absolute Gasteiger partial charge is 0.293 e. The number of benzene rings is 1. The van der Waals surface area contributed by atoms with E-state index in [0.717, 1.165) is 30.8 Å². The van der Waals surface area contributed by atoms with Crippen LogP contribution in [0.25, 0.3) is 5.65 Å². The summed E-state index contributed by atoms with van der Waals surface area (Å²) in [6.45, 7) is 6.71. The molecule has 0 saturated carbocycles. The van der Waals surface area contributed by atoms with Gasteiger partial charge in [-0.1, -0.05) is 37.3 Å². The molecule has 2 aromatic heterocycles. The van der Waals surface area contributed by atoms with Gasteiger partial charge in [0.1, 0.15) is 5.65 Å². The highest BCUT2D eigenvalue weighted by atomic mass is 16.1. The van der Waals surface area contributed by atoms with E-state index in [-0.39, 0.29) is 5.56 Å². The fourth-order valence-corrected chi connectivity index (χ4v) is 2.94. The van der Waals surface area contributed by atoms with E-state index in [1.165, 1.54) is 5.56 Å². The Morgan fingerprint density at radius 2 is 1.88 bits per heavy atom. The van der Waals surface area contributed by atoms with Crippen LogP contribution in [-0.2, 0) is 13.1 Å². The summed E-state index contributed by atoms with van der Waals surface area (Å²) in [6.07, 6.45) is 2.86. The molecule has 0 N–H and O–H groups in total. The number of nitrogens with zero attached hydrogens (tertiary/aromatic N) is 3. The Bertz CT molecular complexity index is 871.